The molecular weight excluding hydrogens is 441 g/mol. The highest BCUT2D eigenvalue weighted by atomic mass is 127. The third-order valence-electron chi connectivity index (χ3n) is 2.90. The van der Waals surface area contributed by atoms with Crippen LogP contribution in [0.5, 0.6) is 0 Å². The Morgan fingerprint density at radius 1 is 1.42 bits per heavy atom. The van der Waals surface area contributed by atoms with Gasteiger partial charge in [0.2, 0.25) is 11.7 Å². The quantitative estimate of drug-likeness (QED) is 0.286. The number of guanidine groups is 1. The zero-order valence-electron chi connectivity index (χ0n) is 13.5. The SMILES string of the molecule is C=CCNC(=NCCc1nc(-c2cccc(Cl)c2)no1)NCC.I. The van der Waals surface area contributed by atoms with Crippen LogP contribution in [0, 0.1) is 0 Å². The fourth-order valence-electron chi connectivity index (χ4n) is 1.88. The van der Waals surface area contributed by atoms with Gasteiger partial charge in [0.05, 0.1) is 6.54 Å². The van der Waals surface area contributed by atoms with Crippen LogP contribution >= 0.6 is 35.6 Å². The van der Waals surface area contributed by atoms with Crippen molar-refractivity contribution in [1.29, 1.82) is 0 Å². The minimum Gasteiger partial charge on any atom is -0.357 e. The highest BCUT2D eigenvalue weighted by Gasteiger charge is 2.08. The molecule has 0 radical (unpaired) electrons. The number of aromatic nitrogens is 2. The first kappa shape index (κ1) is 20.4. The van der Waals surface area contributed by atoms with Crippen LogP contribution in [-0.2, 0) is 6.42 Å². The molecule has 6 nitrogen and oxygen atoms in total. The summed E-state index contributed by atoms with van der Waals surface area (Å²) in [5, 5.41) is 10.9. The maximum atomic E-state index is 5.97. The molecular formula is C16H21ClIN5O. The lowest BCUT2D eigenvalue weighted by Crippen LogP contribution is -2.37. The van der Waals surface area contributed by atoms with Crippen molar-refractivity contribution in [2.24, 2.45) is 4.99 Å². The Morgan fingerprint density at radius 2 is 2.25 bits per heavy atom. The lowest BCUT2D eigenvalue weighted by Gasteiger charge is -2.08. The Hall–Kier alpha value is -1.61. The van der Waals surface area contributed by atoms with E-state index >= 15 is 0 Å². The van der Waals surface area contributed by atoms with Crippen LogP contribution in [0.15, 0.2) is 46.4 Å². The summed E-state index contributed by atoms with van der Waals surface area (Å²) in [6, 6.07) is 7.35. The van der Waals surface area contributed by atoms with E-state index in [0.29, 0.717) is 36.2 Å². The van der Waals surface area contributed by atoms with E-state index in [1.165, 1.54) is 0 Å². The van der Waals surface area contributed by atoms with Crippen molar-refractivity contribution in [3.8, 4) is 11.4 Å². The predicted molar refractivity (Wildman–Crippen MR) is 108 cm³/mol. The summed E-state index contributed by atoms with van der Waals surface area (Å²) in [5.41, 5.74) is 0.831. The van der Waals surface area contributed by atoms with E-state index in [0.717, 1.165) is 18.1 Å². The summed E-state index contributed by atoms with van der Waals surface area (Å²) in [6.45, 7) is 7.68. The third-order valence-corrected chi connectivity index (χ3v) is 3.14. The minimum atomic E-state index is 0. The molecule has 0 spiro atoms. The van der Waals surface area contributed by atoms with Gasteiger partial charge in [-0.1, -0.05) is 35.0 Å². The number of nitrogens with zero attached hydrogens (tertiary/aromatic N) is 3. The van der Waals surface area contributed by atoms with Gasteiger partial charge in [-0.15, -0.1) is 30.6 Å². The van der Waals surface area contributed by atoms with Crippen molar-refractivity contribution >= 4 is 41.5 Å². The largest absolute Gasteiger partial charge is 0.357 e. The highest BCUT2D eigenvalue weighted by molar-refractivity contribution is 14.0. The van der Waals surface area contributed by atoms with E-state index in [2.05, 4.69) is 32.3 Å². The summed E-state index contributed by atoms with van der Waals surface area (Å²) in [5.74, 6) is 1.81. The van der Waals surface area contributed by atoms with E-state index < -0.39 is 0 Å². The predicted octanol–water partition coefficient (Wildman–Crippen LogP) is 3.29. The Balaban J connectivity index is 0.00000288. The van der Waals surface area contributed by atoms with Gasteiger partial charge in [-0.3, -0.25) is 4.99 Å². The maximum absolute atomic E-state index is 5.97. The molecule has 0 aliphatic rings. The van der Waals surface area contributed by atoms with Crippen LogP contribution in [0.4, 0.5) is 0 Å². The van der Waals surface area contributed by atoms with Crippen molar-refractivity contribution in [3.05, 3.63) is 47.8 Å². The van der Waals surface area contributed by atoms with Crippen LogP contribution in [-0.4, -0.2) is 35.7 Å². The van der Waals surface area contributed by atoms with Gasteiger partial charge in [0, 0.05) is 30.1 Å². The first-order chi connectivity index (χ1) is 11.2. The molecule has 0 saturated carbocycles. The fourth-order valence-corrected chi connectivity index (χ4v) is 2.07. The van der Waals surface area contributed by atoms with Gasteiger partial charge in [0.25, 0.3) is 0 Å². The first-order valence-corrected chi connectivity index (χ1v) is 7.82. The highest BCUT2D eigenvalue weighted by Crippen LogP contribution is 2.19. The van der Waals surface area contributed by atoms with E-state index in [9.17, 15) is 0 Å². The van der Waals surface area contributed by atoms with Crippen LogP contribution in [0.3, 0.4) is 0 Å². The summed E-state index contributed by atoms with van der Waals surface area (Å²) < 4.78 is 5.25. The topological polar surface area (TPSA) is 75.3 Å². The average molecular weight is 462 g/mol. The van der Waals surface area contributed by atoms with Crippen molar-refractivity contribution in [3.63, 3.8) is 0 Å². The molecule has 0 bridgehead atoms. The second-order valence-corrected chi connectivity index (χ2v) is 5.14. The number of rotatable bonds is 7. The third kappa shape index (κ3) is 6.48. The Morgan fingerprint density at radius 3 is 2.96 bits per heavy atom. The summed E-state index contributed by atoms with van der Waals surface area (Å²) in [6.07, 6.45) is 2.35. The smallest absolute Gasteiger partial charge is 0.228 e. The molecule has 0 saturated heterocycles. The second kappa shape index (κ2) is 11.0. The number of hydrogen-bond donors (Lipinski definition) is 2. The summed E-state index contributed by atoms with van der Waals surface area (Å²) in [7, 11) is 0. The van der Waals surface area contributed by atoms with Gasteiger partial charge in [-0.2, -0.15) is 4.98 Å². The molecule has 24 heavy (non-hydrogen) atoms. The van der Waals surface area contributed by atoms with Crippen LogP contribution < -0.4 is 10.6 Å². The van der Waals surface area contributed by atoms with Gasteiger partial charge in [-0.25, -0.2) is 0 Å². The van der Waals surface area contributed by atoms with Crippen molar-refractivity contribution in [2.75, 3.05) is 19.6 Å². The number of nitrogens with one attached hydrogen (secondary N) is 2. The molecule has 8 heteroatoms. The lowest BCUT2D eigenvalue weighted by molar-refractivity contribution is 0.380. The number of aliphatic imine (C=N–C) groups is 1. The van der Waals surface area contributed by atoms with Crippen molar-refractivity contribution in [1.82, 2.24) is 20.8 Å². The van der Waals surface area contributed by atoms with Gasteiger partial charge >= 0.3 is 0 Å². The fraction of sp³-hybridized carbons (Fsp3) is 0.312. The summed E-state index contributed by atoms with van der Waals surface area (Å²) in [4.78, 5) is 8.80. The zero-order chi connectivity index (χ0) is 16.5. The maximum Gasteiger partial charge on any atom is 0.228 e. The molecule has 2 aromatic rings. The Labute approximate surface area is 163 Å². The molecule has 1 heterocycles. The van der Waals surface area contributed by atoms with Crippen LogP contribution in [0.2, 0.25) is 5.02 Å². The normalized spacial score (nSPS) is 10.8. The second-order valence-electron chi connectivity index (χ2n) is 4.70. The van der Waals surface area contributed by atoms with Crippen molar-refractivity contribution < 1.29 is 4.52 Å². The van der Waals surface area contributed by atoms with Gasteiger partial charge in [0.15, 0.2) is 5.96 Å². The summed E-state index contributed by atoms with van der Waals surface area (Å²) >= 11 is 5.97. The molecule has 130 valence electrons. The molecule has 1 aromatic carbocycles. The van der Waals surface area contributed by atoms with E-state index in [-0.39, 0.29) is 24.0 Å². The van der Waals surface area contributed by atoms with Gasteiger partial charge in [0.1, 0.15) is 0 Å². The molecule has 1 aromatic heterocycles. The molecule has 2 N–H and O–H groups in total. The van der Waals surface area contributed by atoms with E-state index in [1.54, 1.807) is 18.2 Å². The molecule has 0 aliphatic heterocycles. The first-order valence-electron chi connectivity index (χ1n) is 7.44. The lowest BCUT2D eigenvalue weighted by atomic mass is 10.2. The number of hydrogen-bond acceptors (Lipinski definition) is 4. The number of benzene rings is 1. The minimum absolute atomic E-state index is 0. The zero-order valence-corrected chi connectivity index (χ0v) is 16.5. The van der Waals surface area contributed by atoms with Gasteiger partial charge in [-0.05, 0) is 19.1 Å². The standard InChI is InChI=1S/C16H20ClN5O.HI/c1-3-9-19-16(18-4-2)20-10-8-14-21-15(22-23-14)12-6-5-7-13(17)11-12;/h3,5-7,11H,1,4,8-10H2,2H3,(H2,18,19,20);1H. The Kier molecular flexibility index (Phi) is 9.39. The molecule has 0 unspecified atom stereocenters. The molecule has 0 fully saturated rings. The monoisotopic (exact) mass is 461 g/mol. The molecule has 2 rings (SSSR count). The van der Waals surface area contributed by atoms with Crippen LogP contribution in [0.1, 0.15) is 12.8 Å². The van der Waals surface area contributed by atoms with E-state index in [1.807, 2.05) is 19.1 Å². The average Bonchev–Trinajstić information content (AvgIpc) is 3.01. The van der Waals surface area contributed by atoms with Crippen molar-refractivity contribution in [2.45, 2.75) is 13.3 Å². The number of halogens is 2. The molecule has 0 amide bonds. The van der Waals surface area contributed by atoms with Gasteiger partial charge < -0.3 is 15.2 Å². The molecule has 0 atom stereocenters. The molecule has 0 aliphatic carbocycles. The Bertz CT molecular complexity index is 674. The van der Waals surface area contributed by atoms with E-state index in [4.69, 9.17) is 16.1 Å². The van der Waals surface area contributed by atoms with Crippen LogP contribution in [0.25, 0.3) is 11.4 Å².